The molecule has 0 spiro atoms. The largest absolute Gasteiger partial charge is 1.00 e. The van der Waals surface area contributed by atoms with Gasteiger partial charge in [-0.2, -0.15) is 0 Å². The summed E-state index contributed by atoms with van der Waals surface area (Å²) < 4.78 is 32.4. The van der Waals surface area contributed by atoms with Crippen LogP contribution in [0.4, 0.5) is 0 Å². The predicted octanol–water partition coefficient (Wildman–Crippen LogP) is -1.04. The first-order valence-electron chi connectivity index (χ1n) is 7.08. The van der Waals surface area contributed by atoms with Crippen LogP contribution < -0.4 is 35.3 Å². The minimum atomic E-state index is -4.45. The Kier molecular flexibility index (Phi) is 15.1. The summed E-state index contributed by atoms with van der Waals surface area (Å²) in [6, 6.07) is 0. The molecule has 0 saturated carbocycles. The van der Waals surface area contributed by atoms with Crippen molar-refractivity contribution in [2.75, 3.05) is 6.54 Å². The van der Waals surface area contributed by atoms with E-state index in [2.05, 4.69) is 6.92 Å². The van der Waals surface area contributed by atoms with Gasteiger partial charge in [0.15, 0.2) is 0 Å². The molecule has 0 aliphatic carbocycles. The molecule has 0 heterocycles. The van der Waals surface area contributed by atoms with Gasteiger partial charge < -0.3 is 10.3 Å². The van der Waals surface area contributed by atoms with Crippen molar-refractivity contribution in [3.05, 3.63) is 0 Å². The SMILES string of the molecule is CCCCCCCCCC(=O)CC(CN)S(=O)(=O)[O-].[Na+]. The maximum atomic E-state index is 11.5. The molecule has 7 heteroatoms. The molecule has 1 atom stereocenters. The third-order valence-electron chi connectivity index (χ3n) is 3.19. The number of hydrogen-bond donors (Lipinski definition) is 1. The Labute approximate surface area is 145 Å². The van der Waals surface area contributed by atoms with Gasteiger partial charge >= 0.3 is 29.6 Å². The first kappa shape index (κ1) is 22.8. The van der Waals surface area contributed by atoms with Gasteiger partial charge in [-0.25, -0.2) is 8.42 Å². The van der Waals surface area contributed by atoms with Crippen LogP contribution in [-0.2, 0) is 14.9 Å². The number of unbranched alkanes of at least 4 members (excludes halogenated alkanes) is 6. The number of rotatable bonds is 12. The van der Waals surface area contributed by atoms with Gasteiger partial charge in [0.2, 0.25) is 0 Å². The molecule has 0 radical (unpaired) electrons. The molecule has 0 rings (SSSR count). The summed E-state index contributed by atoms with van der Waals surface area (Å²) in [6.07, 6.45) is 7.83. The second-order valence-corrected chi connectivity index (χ2v) is 6.62. The smallest absolute Gasteiger partial charge is 0.748 e. The van der Waals surface area contributed by atoms with E-state index in [-0.39, 0.29) is 48.3 Å². The van der Waals surface area contributed by atoms with Crippen LogP contribution in [0.2, 0.25) is 0 Å². The van der Waals surface area contributed by atoms with E-state index in [1.807, 2.05) is 0 Å². The van der Waals surface area contributed by atoms with Crippen molar-refractivity contribution < 1.29 is 47.3 Å². The van der Waals surface area contributed by atoms with Crippen LogP contribution in [0.25, 0.3) is 0 Å². The van der Waals surface area contributed by atoms with Crippen LogP contribution in [0.1, 0.15) is 64.7 Å². The standard InChI is InChI=1S/C13H27NO4S.Na/c1-2-3-4-5-6-7-8-9-12(15)10-13(11-14)19(16,17)18;/h13H,2-11,14H2,1H3,(H,16,17,18);/q;+1/p-1. The second-order valence-electron chi connectivity index (χ2n) is 4.96. The maximum Gasteiger partial charge on any atom is 1.00 e. The molecule has 5 nitrogen and oxygen atoms in total. The van der Waals surface area contributed by atoms with Crippen molar-refractivity contribution >= 4 is 15.9 Å². The number of Topliss-reactive ketones (excluding diaryl/α,β-unsaturated/α-hetero) is 1. The Morgan fingerprint density at radius 2 is 1.60 bits per heavy atom. The van der Waals surface area contributed by atoms with Crippen molar-refractivity contribution in [1.29, 1.82) is 0 Å². The molecule has 2 N–H and O–H groups in total. The van der Waals surface area contributed by atoms with Crippen LogP contribution in [0.3, 0.4) is 0 Å². The van der Waals surface area contributed by atoms with Gasteiger partial charge in [0.05, 0.1) is 15.4 Å². The fourth-order valence-electron chi connectivity index (χ4n) is 1.94. The minimum absolute atomic E-state index is 0. The molecule has 0 aromatic carbocycles. The van der Waals surface area contributed by atoms with Crippen molar-refractivity contribution in [1.82, 2.24) is 0 Å². The zero-order chi connectivity index (χ0) is 14.7. The molecule has 0 aliphatic rings. The van der Waals surface area contributed by atoms with Gasteiger partial charge in [-0.05, 0) is 6.42 Å². The van der Waals surface area contributed by atoms with E-state index in [0.29, 0.717) is 6.42 Å². The van der Waals surface area contributed by atoms with E-state index in [4.69, 9.17) is 5.73 Å². The summed E-state index contributed by atoms with van der Waals surface area (Å²) >= 11 is 0. The molecule has 0 aromatic rings. The van der Waals surface area contributed by atoms with Gasteiger partial charge in [0, 0.05) is 19.4 Å². The number of hydrogen-bond acceptors (Lipinski definition) is 5. The van der Waals surface area contributed by atoms with Gasteiger partial charge in [-0.1, -0.05) is 45.4 Å². The summed E-state index contributed by atoms with van der Waals surface area (Å²) in [7, 11) is -4.45. The number of ketones is 1. The van der Waals surface area contributed by atoms with Gasteiger partial charge in [0.25, 0.3) is 0 Å². The van der Waals surface area contributed by atoms with Crippen molar-refractivity contribution in [3.8, 4) is 0 Å². The molecule has 1 unspecified atom stereocenters. The predicted molar refractivity (Wildman–Crippen MR) is 74.8 cm³/mol. The van der Waals surface area contributed by atoms with Crippen LogP contribution in [0.5, 0.6) is 0 Å². The van der Waals surface area contributed by atoms with E-state index < -0.39 is 15.4 Å². The van der Waals surface area contributed by atoms with Gasteiger partial charge in [-0.3, -0.25) is 4.79 Å². The quantitative estimate of drug-likeness (QED) is 0.282. The topological polar surface area (TPSA) is 100 Å². The zero-order valence-corrected chi connectivity index (χ0v) is 15.6. The van der Waals surface area contributed by atoms with Crippen LogP contribution in [-0.4, -0.2) is 30.5 Å². The molecule has 20 heavy (non-hydrogen) atoms. The first-order chi connectivity index (χ1) is 8.91. The summed E-state index contributed by atoms with van der Waals surface area (Å²) in [5.41, 5.74) is 5.20. The fraction of sp³-hybridized carbons (Fsp3) is 0.923. The summed E-state index contributed by atoms with van der Waals surface area (Å²) in [4.78, 5) is 11.5. The molecule has 114 valence electrons. The monoisotopic (exact) mass is 315 g/mol. The molecule has 0 amide bonds. The normalized spacial score (nSPS) is 12.8. The van der Waals surface area contributed by atoms with E-state index in [1.165, 1.54) is 25.7 Å². The summed E-state index contributed by atoms with van der Waals surface area (Å²) in [6.45, 7) is 1.88. The zero-order valence-electron chi connectivity index (χ0n) is 12.8. The Bertz CT molecular complexity index is 346. The second kappa shape index (κ2) is 13.2. The molecule has 0 aliphatic heterocycles. The van der Waals surface area contributed by atoms with Gasteiger partial charge in [-0.15, -0.1) is 0 Å². The average molecular weight is 315 g/mol. The van der Waals surface area contributed by atoms with Crippen LogP contribution in [0, 0.1) is 0 Å². The summed E-state index contributed by atoms with van der Waals surface area (Å²) in [5.74, 6) is -0.177. The first-order valence-corrected chi connectivity index (χ1v) is 8.55. The van der Waals surface area contributed by atoms with Crippen molar-refractivity contribution in [3.63, 3.8) is 0 Å². The third kappa shape index (κ3) is 12.3. The van der Waals surface area contributed by atoms with Crippen LogP contribution in [0.15, 0.2) is 0 Å². The van der Waals surface area contributed by atoms with Crippen molar-refractivity contribution in [2.24, 2.45) is 5.73 Å². The molecule has 0 fully saturated rings. The molecular weight excluding hydrogens is 289 g/mol. The van der Waals surface area contributed by atoms with E-state index in [0.717, 1.165) is 19.3 Å². The summed E-state index contributed by atoms with van der Waals surface area (Å²) in [5, 5.41) is -1.26. The van der Waals surface area contributed by atoms with E-state index in [1.54, 1.807) is 0 Å². The average Bonchev–Trinajstić information content (AvgIpc) is 2.33. The molecule has 0 bridgehead atoms. The molecular formula is C13H26NNaO4S. The fourth-order valence-corrected chi connectivity index (χ4v) is 2.56. The molecule has 0 saturated heterocycles. The number of carbonyl (C=O) groups is 1. The Morgan fingerprint density at radius 3 is 2.05 bits per heavy atom. The van der Waals surface area contributed by atoms with Gasteiger partial charge in [0.1, 0.15) is 5.78 Å². The van der Waals surface area contributed by atoms with Crippen molar-refractivity contribution in [2.45, 2.75) is 70.0 Å². The Morgan fingerprint density at radius 1 is 1.10 bits per heavy atom. The van der Waals surface area contributed by atoms with E-state index >= 15 is 0 Å². The Hall–Kier alpha value is 0.540. The minimum Gasteiger partial charge on any atom is -0.748 e. The van der Waals surface area contributed by atoms with Crippen LogP contribution >= 0.6 is 0 Å². The molecule has 0 aromatic heterocycles. The Balaban J connectivity index is 0. The van der Waals surface area contributed by atoms with E-state index in [9.17, 15) is 17.8 Å². The maximum absolute atomic E-state index is 11.5. The third-order valence-corrected chi connectivity index (χ3v) is 4.36. The number of carbonyl (C=O) groups excluding carboxylic acids is 1. The number of nitrogens with two attached hydrogens (primary N) is 1.